The zero-order chi connectivity index (χ0) is 24.7. The highest BCUT2D eigenvalue weighted by atomic mass is 32.2. The van der Waals surface area contributed by atoms with E-state index in [1.54, 1.807) is 46.1 Å². The lowest BCUT2D eigenvalue weighted by atomic mass is 9.82. The van der Waals surface area contributed by atoms with Gasteiger partial charge in [0, 0.05) is 11.6 Å². The molecule has 1 fully saturated rings. The van der Waals surface area contributed by atoms with Crippen LogP contribution >= 0.6 is 0 Å². The Labute approximate surface area is 195 Å². The summed E-state index contributed by atoms with van der Waals surface area (Å²) in [6.45, 7) is 14.9. The van der Waals surface area contributed by atoms with Crippen LogP contribution in [0.3, 0.4) is 0 Å². The molecule has 1 aliphatic heterocycles. The molecule has 0 spiro atoms. The smallest absolute Gasteiger partial charge is 0.236 e. The Morgan fingerprint density at radius 1 is 1.00 bits per heavy atom. The van der Waals surface area contributed by atoms with E-state index in [0.29, 0.717) is 17.1 Å². The number of likely N-dealkylation sites (tertiary alicyclic amines) is 1. The number of hydrogen-bond donors (Lipinski definition) is 0. The average molecular weight is 484 g/mol. The van der Waals surface area contributed by atoms with Crippen LogP contribution in [0.5, 0.6) is 11.5 Å². The summed E-state index contributed by atoms with van der Waals surface area (Å²) in [6, 6.07) is 5.29. The Morgan fingerprint density at radius 3 is 2.06 bits per heavy atom. The fourth-order valence-electron chi connectivity index (χ4n) is 3.56. The number of hydrogen-bond acceptors (Lipinski definition) is 6. The maximum Gasteiger partial charge on any atom is 0.236 e. The molecule has 1 saturated heterocycles. The summed E-state index contributed by atoms with van der Waals surface area (Å²) in [6.07, 6.45) is 0. The first-order valence-electron chi connectivity index (χ1n) is 10.7. The maximum atomic E-state index is 13.6. The van der Waals surface area contributed by atoms with E-state index in [1.165, 1.54) is 12.0 Å². The first kappa shape index (κ1) is 26.7. The van der Waals surface area contributed by atoms with Gasteiger partial charge in [-0.1, -0.05) is 20.8 Å². The predicted molar refractivity (Wildman–Crippen MR) is 127 cm³/mol. The van der Waals surface area contributed by atoms with Gasteiger partial charge >= 0.3 is 0 Å². The summed E-state index contributed by atoms with van der Waals surface area (Å²) >= 11 is 0. The molecule has 1 aromatic rings. The minimum absolute atomic E-state index is 0.0847. The highest BCUT2D eigenvalue weighted by molar-refractivity contribution is 7.93. The van der Waals surface area contributed by atoms with Crippen LogP contribution in [0.25, 0.3) is 0 Å². The monoisotopic (exact) mass is 483 g/mol. The first-order valence-corrected chi connectivity index (χ1v) is 13.1. The molecule has 1 aromatic carbocycles. The number of ether oxygens (including phenoxy) is 2. The molecule has 2 atom stereocenters. The summed E-state index contributed by atoms with van der Waals surface area (Å²) in [7, 11) is -0.469. The summed E-state index contributed by atoms with van der Waals surface area (Å²) in [5.41, 5.74) is -0.212. The van der Waals surface area contributed by atoms with Crippen molar-refractivity contribution in [2.45, 2.75) is 82.7 Å². The molecule has 0 N–H and O–H groups in total. The third-order valence-electron chi connectivity index (χ3n) is 5.52. The SMILES string of the molecule is COc1ccc(CN2C(=O)C(C(C)(C)O[Si]C(C)(C)C)C2S(=O)(=O)C(C)(C)C)c(OC)c1. The molecule has 2 radical (unpaired) electrons. The van der Waals surface area contributed by atoms with E-state index in [1.807, 2.05) is 13.8 Å². The van der Waals surface area contributed by atoms with E-state index in [9.17, 15) is 13.2 Å². The number of methoxy groups -OCH3 is 2. The molecule has 2 rings (SSSR count). The van der Waals surface area contributed by atoms with Crippen LogP contribution in [-0.4, -0.2) is 58.9 Å². The van der Waals surface area contributed by atoms with Gasteiger partial charge in [0.25, 0.3) is 0 Å². The molecule has 2 unspecified atom stereocenters. The van der Waals surface area contributed by atoms with Gasteiger partial charge in [-0.2, -0.15) is 0 Å². The van der Waals surface area contributed by atoms with Crippen molar-refractivity contribution in [3.05, 3.63) is 23.8 Å². The normalized spacial score (nSPS) is 20.2. The van der Waals surface area contributed by atoms with Crippen LogP contribution in [0.15, 0.2) is 18.2 Å². The maximum absolute atomic E-state index is 13.6. The van der Waals surface area contributed by atoms with Gasteiger partial charge in [0.1, 0.15) is 22.8 Å². The van der Waals surface area contributed by atoms with Crippen molar-refractivity contribution < 1.29 is 27.1 Å². The Bertz CT molecular complexity index is 946. The fraction of sp³-hybridized carbons (Fsp3) is 0.696. The van der Waals surface area contributed by atoms with Crippen LogP contribution < -0.4 is 9.47 Å². The lowest BCUT2D eigenvalue weighted by Gasteiger charge is -2.54. The second-order valence-electron chi connectivity index (χ2n) is 10.7. The van der Waals surface area contributed by atoms with Gasteiger partial charge in [0.05, 0.1) is 31.1 Å². The lowest BCUT2D eigenvalue weighted by molar-refractivity contribution is -0.164. The van der Waals surface area contributed by atoms with Crippen LogP contribution in [0.4, 0.5) is 0 Å². The second kappa shape index (κ2) is 8.99. The van der Waals surface area contributed by atoms with Gasteiger partial charge in [-0.05, 0) is 51.8 Å². The van der Waals surface area contributed by atoms with E-state index in [2.05, 4.69) is 20.8 Å². The highest BCUT2D eigenvalue weighted by Gasteiger charge is 2.62. The third kappa shape index (κ3) is 5.31. The number of sulfone groups is 1. The standard InChI is InChI=1S/C23H37NO6SSi/c1-21(2,3)31(26,27)20-18(23(7,8)30-32-22(4,5)6)19(25)24(20)14-15-11-12-16(28-9)13-17(15)29-10/h11-13,18,20H,14H2,1-10H3. The second-order valence-corrected chi connectivity index (χ2v) is 15.4. The van der Waals surface area contributed by atoms with Crippen molar-refractivity contribution in [3.8, 4) is 11.5 Å². The Hall–Kier alpha value is -1.58. The third-order valence-corrected chi connectivity index (χ3v) is 9.63. The molecule has 1 heterocycles. The van der Waals surface area contributed by atoms with Gasteiger partial charge in [0.2, 0.25) is 15.7 Å². The lowest BCUT2D eigenvalue weighted by Crippen LogP contribution is -2.71. The van der Waals surface area contributed by atoms with Gasteiger partial charge in [-0.3, -0.25) is 4.79 Å². The number of rotatable bonds is 8. The number of nitrogens with zero attached hydrogens (tertiary/aromatic N) is 1. The fourth-order valence-corrected chi connectivity index (χ4v) is 6.29. The quantitative estimate of drug-likeness (QED) is 0.413. The molecule has 9 heteroatoms. The zero-order valence-electron chi connectivity index (χ0n) is 20.9. The minimum atomic E-state index is -3.70. The summed E-state index contributed by atoms with van der Waals surface area (Å²) < 4.78 is 43.0. The summed E-state index contributed by atoms with van der Waals surface area (Å²) in [4.78, 5) is 14.8. The number of carbonyl (C=O) groups excluding carboxylic acids is 1. The van der Waals surface area contributed by atoms with E-state index >= 15 is 0 Å². The number of carbonyl (C=O) groups is 1. The molecule has 0 aromatic heterocycles. The van der Waals surface area contributed by atoms with E-state index in [-0.39, 0.29) is 27.3 Å². The van der Waals surface area contributed by atoms with Crippen LogP contribution in [-0.2, 0) is 25.6 Å². The van der Waals surface area contributed by atoms with Gasteiger partial charge < -0.3 is 18.8 Å². The molecule has 0 saturated carbocycles. The van der Waals surface area contributed by atoms with Crippen LogP contribution in [0.1, 0.15) is 61.0 Å². The molecule has 1 aliphatic rings. The van der Waals surface area contributed by atoms with Gasteiger partial charge in [-0.15, -0.1) is 0 Å². The van der Waals surface area contributed by atoms with E-state index < -0.39 is 31.5 Å². The predicted octanol–water partition coefficient (Wildman–Crippen LogP) is 3.83. The molecule has 32 heavy (non-hydrogen) atoms. The molecular weight excluding hydrogens is 446 g/mol. The number of amides is 1. The Kier molecular flexibility index (Phi) is 7.49. The average Bonchev–Trinajstić information content (AvgIpc) is 2.66. The van der Waals surface area contributed by atoms with E-state index in [4.69, 9.17) is 13.9 Å². The minimum Gasteiger partial charge on any atom is -0.497 e. The van der Waals surface area contributed by atoms with Crippen molar-refractivity contribution in [3.63, 3.8) is 0 Å². The molecule has 0 aliphatic carbocycles. The highest BCUT2D eigenvalue weighted by Crippen LogP contribution is 2.45. The van der Waals surface area contributed by atoms with Crippen LogP contribution in [0, 0.1) is 5.92 Å². The largest absolute Gasteiger partial charge is 0.497 e. The number of benzene rings is 1. The topological polar surface area (TPSA) is 82.1 Å². The Morgan fingerprint density at radius 2 is 1.59 bits per heavy atom. The summed E-state index contributed by atoms with van der Waals surface area (Å²) in [5, 5.41) is -1.07. The van der Waals surface area contributed by atoms with Gasteiger partial charge in [-0.25, -0.2) is 8.42 Å². The van der Waals surface area contributed by atoms with Crippen LogP contribution in [0.2, 0.25) is 5.04 Å². The van der Waals surface area contributed by atoms with Crippen molar-refractivity contribution in [1.82, 2.24) is 4.90 Å². The summed E-state index contributed by atoms with van der Waals surface area (Å²) in [5.74, 6) is 0.141. The first-order chi connectivity index (χ1) is 14.5. The zero-order valence-corrected chi connectivity index (χ0v) is 22.7. The van der Waals surface area contributed by atoms with Crippen molar-refractivity contribution in [2.24, 2.45) is 5.92 Å². The Balaban J connectivity index is 2.45. The van der Waals surface area contributed by atoms with E-state index in [0.717, 1.165) is 0 Å². The molecule has 180 valence electrons. The molecule has 0 bridgehead atoms. The molecular formula is C23H37NO6SSi. The van der Waals surface area contributed by atoms with Crippen molar-refractivity contribution in [2.75, 3.05) is 14.2 Å². The van der Waals surface area contributed by atoms with Gasteiger partial charge in [0.15, 0.2) is 9.84 Å². The number of β-lactam (4-membered cyclic amide) rings is 1. The van der Waals surface area contributed by atoms with Crippen molar-refractivity contribution in [1.29, 1.82) is 0 Å². The molecule has 1 amide bonds. The molecule has 7 nitrogen and oxygen atoms in total. The van der Waals surface area contributed by atoms with Crippen molar-refractivity contribution >= 4 is 25.5 Å².